The largest absolute Gasteiger partial charge is 0.308 e. The number of nitrogens with one attached hydrogen (secondary N) is 1. The van der Waals surface area contributed by atoms with Gasteiger partial charge in [0.2, 0.25) is 11.4 Å². The van der Waals surface area contributed by atoms with E-state index in [4.69, 9.17) is 0 Å². The van der Waals surface area contributed by atoms with E-state index in [1.165, 1.54) is 4.90 Å². The molecule has 0 bridgehead atoms. The molecule has 0 spiro atoms. The molecule has 0 aromatic heterocycles. The zero-order valence-corrected chi connectivity index (χ0v) is 10.5. The molecule has 1 aromatic carbocycles. The zero-order chi connectivity index (χ0) is 14.3. The highest BCUT2D eigenvalue weighted by Crippen LogP contribution is 2.33. The van der Waals surface area contributed by atoms with Crippen molar-refractivity contribution in [1.29, 1.82) is 5.26 Å². The first-order valence-corrected chi connectivity index (χ1v) is 6.24. The molecule has 1 atom stereocenters. The second-order valence-electron chi connectivity index (χ2n) is 4.90. The van der Waals surface area contributed by atoms with E-state index >= 15 is 0 Å². The molecular formula is C14H11N3O3. The van der Waals surface area contributed by atoms with Gasteiger partial charge in [-0.1, -0.05) is 18.2 Å². The predicted molar refractivity (Wildman–Crippen MR) is 67.0 cm³/mol. The number of rotatable bonds is 1. The SMILES string of the molecule is N#C[C@@]1(N2Cc3ccccc3C2=O)CCC(=O)NC1=O. The summed E-state index contributed by atoms with van der Waals surface area (Å²) in [6.45, 7) is 0.212. The van der Waals surface area contributed by atoms with E-state index < -0.39 is 17.4 Å². The van der Waals surface area contributed by atoms with Gasteiger partial charge in [-0.3, -0.25) is 19.7 Å². The maximum Gasteiger partial charge on any atom is 0.267 e. The van der Waals surface area contributed by atoms with Crippen molar-refractivity contribution < 1.29 is 14.4 Å². The smallest absolute Gasteiger partial charge is 0.267 e. The lowest BCUT2D eigenvalue weighted by atomic mass is 9.88. The molecule has 2 aliphatic heterocycles. The van der Waals surface area contributed by atoms with Crippen LogP contribution in [0.15, 0.2) is 24.3 Å². The van der Waals surface area contributed by atoms with Crippen LogP contribution in [0.2, 0.25) is 0 Å². The van der Waals surface area contributed by atoms with Gasteiger partial charge in [0.05, 0.1) is 0 Å². The van der Waals surface area contributed by atoms with Gasteiger partial charge in [-0.2, -0.15) is 5.26 Å². The Morgan fingerprint density at radius 1 is 1.25 bits per heavy atom. The molecule has 3 amide bonds. The van der Waals surface area contributed by atoms with Crippen LogP contribution in [0.4, 0.5) is 0 Å². The van der Waals surface area contributed by atoms with Crippen molar-refractivity contribution in [2.45, 2.75) is 24.9 Å². The number of hydrogen-bond donors (Lipinski definition) is 1. The van der Waals surface area contributed by atoms with E-state index in [-0.39, 0.29) is 25.3 Å². The molecule has 1 N–H and O–H groups in total. The molecule has 6 heteroatoms. The number of piperidine rings is 1. The Morgan fingerprint density at radius 3 is 2.65 bits per heavy atom. The summed E-state index contributed by atoms with van der Waals surface area (Å²) in [7, 11) is 0. The van der Waals surface area contributed by atoms with Crippen molar-refractivity contribution in [2.75, 3.05) is 0 Å². The van der Waals surface area contributed by atoms with Crippen LogP contribution in [0.3, 0.4) is 0 Å². The Labute approximate surface area is 115 Å². The highest BCUT2D eigenvalue weighted by molar-refractivity contribution is 6.09. The number of fused-ring (bicyclic) bond motifs is 1. The summed E-state index contributed by atoms with van der Waals surface area (Å²) in [4.78, 5) is 37.0. The number of nitrogens with zero attached hydrogens (tertiary/aromatic N) is 2. The molecule has 2 heterocycles. The van der Waals surface area contributed by atoms with Crippen molar-refractivity contribution in [3.8, 4) is 6.07 Å². The Bertz CT molecular complexity index is 676. The van der Waals surface area contributed by atoms with E-state index in [2.05, 4.69) is 5.32 Å². The average molecular weight is 269 g/mol. The summed E-state index contributed by atoms with van der Waals surface area (Å²) < 4.78 is 0. The molecule has 2 aliphatic rings. The Balaban J connectivity index is 2.01. The van der Waals surface area contributed by atoms with Gasteiger partial charge in [-0.25, -0.2) is 0 Å². The molecule has 100 valence electrons. The number of amides is 3. The fourth-order valence-electron chi connectivity index (χ4n) is 2.69. The lowest BCUT2D eigenvalue weighted by Crippen LogP contribution is -2.62. The average Bonchev–Trinajstić information content (AvgIpc) is 2.78. The van der Waals surface area contributed by atoms with Crippen LogP contribution < -0.4 is 5.32 Å². The first kappa shape index (κ1) is 12.4. The second kappa shape index (κ2) is 4.17. The highest BCUT2D eigenvalue weighted by Gasteiger charge is 2.52. The van der Waals surface area contributed by atoms with E-state index in [0.29, 0.717) is 5.56 Å². The summed E-state index contributed by atoms with van der Waals surface area (Å²) in [6, 6.07) is 8.95. The van der Waals surface area contributed by atoms with E-state index in [0.717, 1.165) is 5.56 Å². The topological polar surface area (TPSA) is 90.3 Å². The Kier molecular flexibility index (Phi) is 2.57. The molecule has 1 fully saturated rings. The maximum atomic E-state index is 12.4. The van der Waals surface area contributed by atoms with Crippen molar-refractivity contribution in [3.05, 3.63) is 35.4 Å². The molecule has 20 heavy (non-hydrogen) atoms. The third-order valence-electron chi connectivity index (χ3n) is 3.81. The predicted octanol–water partition coefficient (Wildman–Crippen LogP) is 0.341. The van der Waals surface area contributed by atoms with Crippen molar-refractivity contribution >= 4 is 17.7 Å². The van der Waals surface area contributed by atoms with E-state index in [9.17, 15) is 19.6 Å². The first-order chi connectivity index (χ1) is 9.58. The number of imide groups is 1. The minimum Gasteiger partial charge on any atom is -0.308 e. The van der Waals surface area contributed by atoms with Gasteiger partial charge in [-0.15, -0.1) is 0 Å². The molecule has 6 nitrogen and oxygen atoms in total. The summed E-state index contributed by atoms with van der Waals surface area (Å²) in [5, 5.41) is 11.6. The number of nitriles is 1. The van der Waals surface area contributed by atoms with Crippen LogP contribution in [0.5, 0.6) is 0 Å². The van der Waals surface area contributed by atoms with Gasteiger partial charge in [0, 0.05) is 24.9 Å². The Hall–Kier alpha value is -2.68. The number of benzene rings is 1. The first-order valence-electron chi connectivity index (χ1n) is 6.24. The van der Waals surface area contributed by atoms with Crippen LogP contribution in [0.1, 0.15) is 28.8 Å². The molecule has 1 saturated heterocycles. The number of hydrogen-bond acceptors (Lipinski definition) is 4. The molecule has 0 unspecified atom stereocenters. The normalized spacial score (nSPS) is 25.1. The quantitative estimate of drug-likeness (QED) is 0.744. The minimum absolute atomic E-state index is 0.0356. The molecule has 0 aliphatic carbocycles. The molecular weight excluding hydrogens is 258 g/mol. The summed E-state index contributed by atoms with van der Waals surface area (Å²) >= 11 is 0. The fourth-order valence-corrected chi connectivity index (χ4v) is 2.69. The molecule has 0 saturated carbocycles. The van der Waals surface area contributed by atoms with Crippen molar-refractivity contribution in [3.63, 3.8) is 0 Å². The molecule has 3 rings (SSSR count). The van der Waals surface area contributed by atoms with E-state index in [1.807, 2.05) is 6.07 Å². The zero-order valence-electron chi connectivity index (χ0n) is 10.5. The van der Waals surface area contributed by atoms with Gasteiger partial charge in [0.1, 0.15) is 6.07 Å². The summed E-state index contributed by atoms with van der Waals surface area (Å²) in [5.74, 6) is -1.46. The Morgan fingerprint density at radius 2 is 2.00 bits per heavy atom. The maximum absolute atomic E-state index is 12.4. The third-order valence-corrected chi connectivity index (χ3v) is 3.81. The van der Waals surface area contributed by atoms with Crippen molar-refractivity contribution in [2.24, 2.45) is 0 Å². The highest BCUT2D eigenvalue weighted by atomic mass is 16.2. The minimum atomic E-state index is -1.59. The monoisotopic (exact) mass is 269 g/mol. The molecule has 1 aromatic rings. The van der Waals surface area contributed by atoms with Crippen LogP contribution in [-0.4, -0.2) is 28.2 Å². The van der Waals surface area contributed by atoms with Crippen molar-refractivity contribution in [1.82, 2.24) is 10.2 Å². The van der Waals surface area contributed by atoms with Crippen LogP contribution in [0.25, 0.3) is 0 Å². The fraction of sp³-hybridized carbons (Fsp3) is 0.286. The lowest BCUT2D eigenvalue weighted by molar-refractivity contribution is -0.140. The van der Waals surface area contributed by atoms with Crippen LogP contribution >= 0.6 is 0 Å². The van der Waals surface area contributed by atoms with Crippen LogP contribution in [-0.2, 0) is 16.1 Å². The van der Waals surface area contributed by atoms with Gasteiger partial charge < -0.3 is 4.90 Å². The number of carbonyl (C=O) groups excluding carboxylic acids is 3. The van der Waals surface area contributed by atoms with Gasteiger partial charge in [0.25, 0.3) is 11.8 Å². The summed E-state index contributed by atoms with van der Waals surface area (Å²) in [5.41, 5.74) is -0.298. The second-order valence-corrected chi connectivity index (χ2v) is 4.90. The van der Waals surface area contributed by atoms with Crippen LogP contribution in [0, 0.1) is 11.3 Å². The standard InChI is InChI=1S/C14H11N3O3/c15-8-14(6-5-11(18)16-13(14)20)17-7-9-3-1-2-4-10(9)12(17)19/h1-4H,5-7H2,(H,16,18,20)/t14-/m0/s1. The number of carbonyl (C=O) groups is 3. The van der Waals surface area contributed by atoms with E-state index in [1.54, 1.807) is 24.3 Å². The summed E-state index contributed by atoms with van der Waals surface area (Å²) in [6.07, 6.45) is 0.0906. The lowest BCUT2D eigenvalue weighted by Gasteiger charge is -2.36. The van der Waals surface area contributed by atoms with Gasteiger partial charge >= 0.3 is 0 Å². The van der Waals surface area contributed by atoms with Gasteiger partial charge in [0.15, 0.2) is 0 Å². The molecule has 0 radical (unpaired) electrons. The third kappa shape index (κ3) is 1.53. The van der Waals surface area contributed by atoms with Gasteiger partial charge in [-0.05, 0) is 11.6 Å².